The van der Waals surface area contributed by atoms with Crippen molar-refractivity contribution in [1.29, 1.82) is 5.41 Å². The second-order valence-corrected chi connectivity index (χ2v) is 7.35. The molecule has 3 N–H and O–H groups in total. The zero-order valence-electron chi connectivity index (χ0n) is 17.8. The number of nitrogens with one attached hydrogen (secondary N) is 2. The van der Waals surface area contributed by atoms with Crippen LogP contribution in [0.3, 0.4) is 0 Å². The van der Waals surface area contributed by atoms with Gasteiger partial charge in [-0.2, -0.15) is 0 Å². The van der Waals surface area contributed by atoms with Crippen LogP contribution in [-0.4, -0.2) is 21.8 Å². The summed E-state index contributed by atoms with van der Waals surface area (Å²) < 4.78 is 5.83. The van der Waals surface area contributed by atoms with Crippen LogP contribution in [0.2, 0.25) is 0 Å². The number of aryl methyl sites for hydroxylation is 2. The number of hydroxylamine groups is 1. The first-order valence-corrected chi connectivity index (χ1v) is 10.3. The molecule has 0 saturated heterocycles. The first-order chi connectivity index (χ1) is 15.0. The molecular weight excluding hydrogens is 390 g/mol. The van der Waals surface area contributed by atoms with E-state index in [4.69, 9.17) is 15.0 Å². The van der Waals surface area contributed by atoms with Crippen LogP contribution in [0.5, 0.6) is 0 Å². The van der Waals surface area contributed by atoms with Gasteiger partial charge in [-0.05, 0) is 55.5 Å². The molecule has 0 aliphatic carbocycles. The van der Waals surface area contributed by atoms with Gasteiger partial charge in [-0.25, -0.2) is 10.5 Å². The third kappa shape index (κ3) is 5.77. The molecule has 1 heterocycles. The Morgan fingerprint density at radius 1 is 1.19 bits per heavy atom. The van der Waals surface area contributed by atoms with Gasteiger partial charge in [0.05, 0.1) is 5.69 Å². The van der Waals surface area contributed by atoms with Gasteiger partial charge in [-0.15, -0.1) is 0 Å². The number of carbonyl (C=O) groups is 1. The van der Waals surface area contributed by atoms with Gasteiger partial charge >= 0.3 is 0 Å². The average Bonchev–Trinajstić information content (AvgIpc) is 3.18. The maximum atomic E-state index is 11.1. The maximum Gasteiger partial charge on any atom is 0.267 e. The highest BCUT2D eigenvalue weighted by atomic mass is 16.5. The Morgan fingerprint density at radius 3 is 2.55 bits per heavy atom. The van der Waals surface area contributed by atoms with Crippen LogP contribution < -0.4 is 5.48 Å². The van der Waals surface area contributed by atoms with Crippen molar-refractivity contribution >= 4 is 17.7 Å². The zero-order valence-corrected chi connectivity index (χ0v) is 17.8. The zero-order chi connectivity index (χ0) is 22.2. The van der Waals surface area contributed by atoms with Crippen molar-refractivity contribution in [2.24, 2.45) is 0 Å². The number of hydrogen-bond donors (Lipinski definition) is 3. The second kappa shape index (κ2) is 10.5. The first kappa shape index (κ1) is 22.2. The van der Waals surface area contributed by atoms with Crippen molar-refractivity contribution < 1.29 is 14.4 Å². The van der Waals surface area contributed by atoms with Crippen LogP contribution in [0.4, 0.5) is 0 Å². The molecule has 1 atom stereocenters. The summed E-state index contributed by atoms with van der Waals surface area (Å²) in [6.07, 6.45) is 4.98. The van der Waals surface area contributed by atoms with E-state index in [0.717, 1.165) is 34.6 Å². The predicted octanol–water partition coefficient (Wildman–Crippen LogP) is 5.31. The van der Waals surface area contributed by atoms with E-state index in [1.165, 1.54) is 6.08 Å². The highest BCUT2D eigenvalue weighted by molar-refractivity contribution is 5.91. The van der Waals surface area contributed by atoms with Gasteiger partial charge in [0.25, 0.3) is 5.91 Å². The fourth-order valence-electron chi connectivity index (χ4n) is 3.52. The fraction of sp³-hybridized carbons (Fsp3) is 0.240. The van der Waals surface area contributed by atoms with Crippen LogP contribution in [0.15, 0.2) is 65.1 Å². The summed E-state index contributed by atoms with van der Waals surface area (Å²) in [6.45, 7) is 3.99. The molecule has 0 spiro atoms. The number of nitrogens with zero attached hydrogens (tertiary/aromatic N) is 1. The standard InChI is InChI=1S/C25H27N3O3/c1-3-21(19-12-9-18(10-13-19)11-16-24(29)28-30)22(26)14-15-23-17(2)31-25(27-23)20-7-5-4-6-8-20/h4-13,16,21,26,30H,3,14-15H2,1-2H3,(H,28,29)/b16-11+,26-22?/t21-/m0/s1. The SMILES string of the molecule is CC[C@H](C(=N)CCc1nc(-c2ccccc2)oc1C)c1ccc(/C=C/C(=O)NO)cc1. The highest BCUT2D eigenvalue weighted by Crippen LogP contribution is 2.26. The largest absolute Gasteiger partial charge is 0.441 e. The van der Waals surface area contributed by atoms with Crippen molar-refractivity contribution in [3.8, 4) is 11.5 Å². The molecular formula is C25H27N3O3. The fourth-order valence-corrected chi connectivity index (χ4v) is 3.52. The van der Waals surface area contributed by atoms with Crippen molar-refractivity contribution in [3.05, 3.63) is 83.3 Å². The average molecular weight is 418 g/mol. The van der Waals surface area contributed by atoms with E-state index in [-0.39, 0.29) is 5.92 Å². The minimum Gasteiger partial charge on any atom is -0.441 e. The molecule has 6 nitrogen and oxygen atoms in total. The summed E-state index contributed by atoms with van der Waals surface area (Å²) in [7, 11) is 0. The van der Waals surface area contributed by atoms with Crippen LogP contribution in [-0.2, 0) is 11.2 Å². The number of benzene rings is 2. The number of oxazole rings is 1. The Bertz CT molecular complexity index is 1050. The molecule has 0 aliphatic rings. The number of rotatable bonds is 9. The molecule has 160 valence electrons. The van der Waals surface area contributed by atoms with E-state index < -0.39 is 5.91 Å². The number of aromatic nitrogens is 1. The van der Waals surface area contributed by atoms with E-state index >= 15 is 0 Å². The molecule has 0 radical (unpaired) electrons. The molecule has 0 bridgehead atoms. The number of carbonyl (C=O) groups excluding carboxylic acids is 1. The summed E-state index contributed by atoms with van der Waals surface area (Å²) in [5.74, 6) is 0.864. The van der Waals surface area contributed by atoms with E-state index in [0.29, 0.717) is 24.4 Å². The van der Waals surface area contributed by atoms with Crippen LogP contribution in [0.25, 0.3) is 17.5 Å². The summed E-state index contributed by atoms with van der Waals surface area (Å²) in [4.78, 5) is 15.7. The van der Waals surface area contributed by atoms with E-state index in [9.17, 15) is 4.79 Å². The Balaban J connectivity index is 1.65. The summed E-state index contributed by atoms with van der Waals surface area (Å²) in [6, 6.07) is 17.6. The molecule has 6 heteroatoms. The monoisotopic (exact) mass is 417 g/mol. The molecule has 3 aromatic rings. The maximum absolute atomic E-state index is 11.1. The van der Waals surface area contributed by atoms with Gasteiger partial charge in [0, 0.05) is 23.3 Å². The summed E-state index contributed by atoms with van der Waals surface area (Å²) >= 11 is 0. The smallest absolute Gasteiger partial charge is 0.267 e. The number of hydrogen-bond acceptors (Lipinski definition) is 5. The summed E-state index contributed by atoms with van der Waals surface area (Å²) in [5.41, 5.74) is 5.98. The minimum atomic E-state index is -0.573. The Morgan fingerprint density at radius 2 is 1.90 bits per heavy atom. The normalized spacial score (nSPS) is 12.1. The van der Waals surface area contributed by atoms with Crippen LogP contribution in [0.1, 0.15) is 48.3 Å². The van der Waals surface area contributed by atoms with Gasteiger partial charge in [-0.3, -0.25) is 10.0 Å². The summed E-state index contributed by atoms with van der Waals surface area (Å²) in [5, 5.41) is 17.2. The lowest BCUT2D eigenvalue weighted by Gasteiger charge is -2.17. The topological polar surface area (TPSA) is 99.2 Å². The minimum absolute atomic E-state index is 0.0274. The van der Waals surface area contributed by atoms with Gasteiger partial charge in [0.2, 0.25) is 5.89 Å². The quantitative estimate of drug-likeness (QED) is 0.190. The van der Waals surface area contributed by atoms with Gasteiger partial charge < -0.3 is 9.83 Å². The molecule has 0 saturated carbocycles. The second-order valence-electron chi connectivity index (χ2n) is 7.35. The molecule has 2 aromatic carbocycles. The molecule has 0 aliphatic heterocycles. The van der Waals surface area contributed by atoms with Gasteiger partial charge in [-0.1, -0.05) is 49.4 Å². The van der Waals surface area contributed by atoms with Crippen molar-refractivity contribution in [3.63, 3.8) is 0 Å². The Labute approximate surface area is 182 Å². The Hall–Kier alpha value is -3.51. The molecule has 1 amide bonds. The third-order valence-corrected chi connectivity index (χ3v) is 5.25. The molecule has 0 unspecified atom stereocenters. The predicted molar refractivity (Wildman–Crippen MR) is 121 cm³/mol. The van der Waals surface area contributed by atoms with E-state index in [1.54, 1.807) is 11.6 Å². The van der Waals surface area contributed by atoms with E-state index in [2.05, 4.69) is 11.9 Å². The van der Waals surface area contributed by atoms with Gasteiger partial charge in [0.1, 0.15) is 5.76 Å². The molecule has 3 rings (SSSR count). The molecule has 0 fully saturated rings. The van der Waals surface area contributed by atoms with Crippen LogP contribution >= 0.6 is 0 Å². The van der Waals surface area contributed by atoms with Gasteiger partial charge in [0.15, 0.2) is 0 Å². The van der Waals surface area contributed by atoms with E-state index in [1.807, 2.05) is 61.5 Å². The van der Waals surface area contributed by atoms with Crippen molar-refractivity contribution in [2.45, 2.75) is 39.0 Å². The molecule has 1 aromatic heterocycles. The lowest BCUT2D eigenvalue weighted by Crippen LogP contribution is -2.14. The Kier molecular flexibility index (Phi) is 7.51. The number of amides is 1. The van der Waals surface area contributed by atoms with Crippen molar-refractivity contribution in [2.75, 3.05) is 0 Å². The molecule has 31 heavy (non-hydrogen) atoms. The lowest BCUT2D eigenvalue weighted by molar-refractivity contribution is -0.124. The van der Waals surface area contributed by atoms with Crippen LogP contribution in [0, 0.1) is 12.3 Å². The first-order valence-electron chi connectivity index (χ1n) is 10.3. The van der Waals surface area contributed by atoms with Crippen molar-refractivity contribution in [1.82, 2.24) is 10.5 Å². The third-order valence-electron chi connectivity index (χ3n) is 5.25. The lowest BCUT2D eigenvalue weighted by atomic mass is 9.88. The highest BCUT2D eigenvalue weighted by Gasteiger charge is 2.17.